The predicted molar refractivity (Wildman–Crippen MR) is 108 cm³/mol. The Balaban J connectivity index is 0.000000416. The van der Waals surface area contributed by atoms with Crippen molar-refractivity contribution in [1.29, 1.82) is 0 Å². The van der Waals surface area contributed by atoms with Gasteiger partial charge in [-0.1, -0.05) is 60.7 Å². The van der Waals surface area contributed by atoms with Crippen LogP contribution in [-0.2, 0) is 10.3 Å². The lowest BCUT2D eigenvalue weighted by molar-refractivity contribution is -2.00. The number of rotatable bonds is 2. The van der Waals surface area contributed by atoms with Gasteiger partial charge in [0.15, 0.2) is 17.9 Å². The SMILES string of the molecule is [O-][Cl+3]([O-])([O-])[O-].c1ccc(C2(N3CCOCC3)CC3c4ccccc4C2c2cccc[n+]23)cc1. The molecule has 33 heavy (non-hydrogen) atoms. The zero-order valence-electron chi connectivity index (χ0n) is 18.0. The molecule has 7 rings (SSSR count). The molecule has 4 heterocycles. The molecule has 3 aromatic rings. The smallest absolute Gasteiger partial charge is 0.191 e. The van der Waals surface area contributed by atoms with Crippen molar-refractivity contribution in [3.63, 3.8) is 0 Å². The highest BCUT2D eigenvalue weighted by molar-refractivity contribution is 5.48. The molecule has 7 nitrogen and oxygen atoms in total. The standard InChI is InChI=1S/C25H25N2O.ClHO4/c1-2-8-19(9-3-1)25(26-14-16-28-17-15-26)18-23-20-10-4-5-11-21(20)24(25)22-12-6-7-13-27(22)23;2-1(3,4)5/h1-13,23-24H,14-18H2;(H,2,3,4,5)/q+1;/p-1. The molecule has 1 saturated heterocycles. The summed E-state index contributed by atoms with van der Waals surface area (Å²) in [6.45, 7) is 3.63. The Morgan fingerprint density at radius 2 is 1.42 bits per heavy atom. The fourth-order valence-corrected chi connectivity index (χ4v) is 5.97. The van der Waals surface area contributed by atoms with Crippen LogP contribution in [0, 0.1) is 10.2 Å². The molecule has 0 spiro atoms. The van der Waals surface area contributed by atoms with Gasteiger partial charge in [0.1, 0.15) is 0 Å². The Labute approximate surface area is 194 Å². The molecule has 172 valence electrons. The van der Waals surface area contributed by atoms with Crippen LogP contribution in [0.15, 0.2) is 79.0 Å². The zero-order chi connectivity index (χ0) is 23.1. The first kappa shape index (κ1) is 22.4. The topological polar surface area (TPSA) is 109 Å². The van der Waals surface area contributed by atoms with Crippen LogP contribution in [0.3, 0.4) is 0 Å². The van der Waals surface area contributed by atoms with Crippen LogP contribution in [0.1, 0.15) is 40.8 Å². The molecule has 0 N–H and O–H groups in total. The van der Waals surface area contributed by atoms with E-state index in [0.717, 1.165) is 32.7 Å². The monoisotopic (exact) mass is 468 g/mol. The Morgan fingerprint density at radius 3 is 2.12 bits per heavy atom. The number of halogens is 1. The third kappa shape index (κ3) is 4.06. The van der Waals surface area contributed by atoms with E-state index in [1.54, 1.807) is 0 Å². The van der Waals surface area contributed by atoms with Gasteiger partial charge < -0.3 is 4.74 Å². The van der Waals surface area contributed by atoms with Crippen LogP contribution in [0.4, 0.5) is 0 Å². The summed E-state index contributed by atoms with van der Waals surface area (Å²) in [5.74, 6) is 0.329. The van der Waals surface area contributed by atoms with Gasteiger partial charge in [-0.3, -0.25) is 4.90 Å². The van der Waals surface area contributed by atoms with E-state index in [9.17, 15) is 0 Å². The number of benzene rings is 2. The number of aromatic nitrogens is 1. The van der Waals surface area contributed by atoms with Gasteiger partial charge in [-0.25, -0.2) is 18.6 Å². The van der Waals surface area contributed by atoms with Gasteiger partial charge in [0.2, 0.25) is 0 Å². The third-order valence-electron chi connectivity index (χ3n) is 7.05. The van der Waals surface area contributed by atoms with Crippen molar-refractivity contribution in [2.24, 2.45) is 0 Å². The average molecular weight is 469 g/mol. The fourth-order valence-electron chi connectivity index (χ4n) is 5.97. The highest BCUT2D eigenvalue weighted by Gasteiger charge is 2.60. The second-order valence-corrected chi connectivity index (χ2v) is 9.34. The molecule has 0 saturated carbocycles. The number of hydrogen-bond donors (Lipinski definition) is 0. The molecule has 3 atom stereocenters. The van der Waals surface area contributed by atoms with E-state index in [1.807, 2.05) is 0 Å². The van der Waals surface area contributed by atoms with E-state index in [0.29, 0.717) is 12.0 Å². The fraction of sp³-hybridized carbons (Fsp3) is 0.320. The lowest BCUT2D eigenvalue weighted by Crippen LogP contribution is -2.68. The number of ether oxygens (including phenoxy) is 1. The molecule has 2 aromatic carbocycles. The number of morpholine rings is 1. The number of pyridine rings is 1. The molecule has 1 aliphatic carbocycles. The van der Waals surface area contributed by atoms with Crippen LogP contribution in [0.2, 0.25) is 0 Å². The summed E-state index contributed by atoms with van der Waals surface area (Å²) in [6, 6.07) is 27.4. The Morgan fingerprint density at radius 1 is 0.818 bits per heavy atom. The molecule has 0 amide bonds. The number of nitrogens with zero attached hydrogens (tertiary/aromatic N) is 2. The van der Waals surface area contributed by atoms with E-state index < -0.39 is 10.2 Å². The van der Waals surface area contributed by atoms with Crippen molar-refractivity contribution in [2.75, 3.05) is 26.3 Å². The van der Waals surface area contributed by atoms with Crippen LogP contribution in [0.25, 0.3) is 0 Å². The van der Waals surface area contributed by atoms with Gasteiger partial charge in [0.05, 0.1) is 24.7 Å². The van der Waals surface area contributed by atoms with E-state index in [1.165, 1.54) is 22.4 Å². The van der Waals surface area contributed by atoms with Gasteiger partial charge in [-0.05, 0) is 11.1 Å². The zero-order valence-corrected chi connectivity index (χ0v) is 18.8. The summed E-state index contributed by atoms with van der Waals surface area (Å²) < 4.78 is 42.2. The van der Waals surface area contributed by atoms with Crippen LogP contribution in [0.5, 0.6) is 0 Å². The largest absolute Gasteiger partial charge is 0.379 e. The van der Waals surface area contributed by atoms with Crippen molar-refractivity contribution in [2.45, 2.75) is 23.9 Å². The first-order valence-electron chi connectivity index (χ1n) is 11.0. The van der Waals surface area contributed by atoms with Crippen LogP contribution >= 0.6 is 0 Å². The number of fused-ring (bicyclic) bond motifs is 1. The van der Waals surface area contributed by atoms with Gasteiger partial charge in [-0.2, -0.15) is 4.57 Å². The van der Waals surface area contributed by atoms with Gasteiger partial charge in [-0.15, -0.1) is 10.2 Å². The lowest BCUT2D eigenvalue weighted by Gasteiger charge is -2.55. The van der Waals surface area contributed by atoms with Gasteiger partial charge >= 0.3 is 0 Å². The maximum absolute atomic E-state index is 8.49. The second-order valence-electron chi connectivity index (χ2n) is 8.58. The molecule has 0 radical (unpaired) electrons. The van der Waals surface area contributed by atoms with Crippen molar-refractivity contribution in [1.82, 2.24) is 4.90 Å². The Bertz CT molecular complexity index is 1060. The average Bonchev–Trinajstić information content (AvgIpc) is 2.84. The Hall–Kier alpha value is -2.36. The molecular formula is C25H25ClN2O5. The minimum atomic E-state index is -4.94. The van der Waals surface area contributed by atoms with Crippen molar-refractivity contribution in [3.05, 3.63) is 101 Å². The van der Waals surface area contributed by atoms with Crippen molar-refractivity contribution < 1.29 is 38.2 Å². The first-order chi connectivity index (χ1) is 15.9. The summed E-state index contributed by atoms with van der Waals surface area (Å²) in [5.41, 5.74) is 5.85. The summed E-state index contributed by atoms with van der Waals surface area (Å²) >= 11 is 0. The lowest BCUT2D eigenvalue weighted by atomic mass is 9.59. The van der Waals surface area contributed by atoms with E-state index in [4.69, 9.17) is 23.4 Å². The maximum Gasteiger partial charge on any atom is 0.191 e. The van der Waals surface area contributed by atoms with Gasteiger partial charge in [0.25, 0.3) is 0 Å². The van der Waals surface area contributed by atoms with E-state index in [2.05, 4.69) is 88.5 Å². The quantitative estimate of drug-likeness (QED) is 0.441. The summed E-state index contributed by atoms with van der Waals surface area (Å²) in [7, 11) is -4.94. The normalized spacial score (nSPS) is 26.1. The summed E-state index contributed by atoms with van der Waals surface area (Å²) in [6.07, 6.45) is 3.39. The molecule has 1 fully saturated rings. The summed E-state index contributed by atoms with van der Waals surface area (Å²) in [4.78, 5) is 2.72. The highest BCUT2D eigenvalue weighted by atomic mass is 35.7. The minimum Gasteiger partial charge on any atom is -0.379 e. The van der Waals surface area contributed by atoms with E-state index >= 15 is 0 Å². The summed E-state index contributed by atoms with van der Waals surface area (Å²) in [5, 5.41) is 0. The second kappa shape index (κ2) is 8.77. The molecule has 4 aliphatic rings. The van der Waals surface area contributed by atoms with Crippen LogP contribution < -0.4 is 23.2 Å². The van der Waals surface area contributed by atoms with Crippen molar-refractivity contribution in [3.8, 4) is 0 Å². The van der Waals surface area contributed by atoms with Crippen molar-refractivity contribution >= 4 is 0 Å². The molecule has 1 aromatic heterocycles. The van der Waals surface area contributed by atoms with E-state index in [-0.39, 0.29) is 5.54 Å². The first-order valence-corrected chi connectivity index (χ1v) is 12.2. The highest BCUT2D eigenvalue weighted by Crippen LogP contribution is 2.57. The third-order valence-corrected chi connectivity index (χ3v) is 7.05. The maximum atomic E-state index is 8.49. The predicted octanol–water partition coefficient (Wildman–Crippen LogP) is -1.12. The molecule has 3 unspecified atom stereocenters. The molecular weight excluding hydrogens is 444 g/mol. The molecule has 3 aliphatic heterocycles. The van der Waals surface area contributed by atoms with Crippen LogP contribution in [-0.4, -0.2) is 31.2 Å². The molecule has 2 bridgehead atoms. The minimum absolute atomic E-state index is 0.0224. The number of hydrogen-bond acceptors (Lipinski definition) is 6. The molecule has 8 heteroatoms. The van der Waals surface area contributed by atoms with Gasteiger partial charge in [0, 0.05) is 37.2 Å². The Kier molecular flexibility index (Phi) is 5.96.